The van der Waals surface area contributed by atoms with Crippen molar-refractivity contribution < 1.29 is 13.9 Å². The number of ether oxygens (including phenoxy) is 1. The Labute approximate surface area is 124 Å². The fraction of sp³-hybridized carbons (Fsp3) is 0.562. The zero-order chi connectivity index (χ0) is 15.2. The van der Waals surface area contributed by atoms with Crippen molar-refractivity contribution in [2.75, 3.05) is 18.0 Å². The van der Waals surface area contributed by atoms with Crippen LogP contribution in [-0.4, -0.2) is 41.8 Å². The highest BCUT2D eigenvalue weighted by Gasteiger charge is 2.48. The number of halogens is 1. The van der Waals surface area contributed by atoms with Crippen molar-refractivity contribution in [2.45, 2.75) is 44.9 Å². The average Bonchev–Trinajstić information content (AvgIpc) is 2.36. The normalized spacial score (nSPS) is 24.6. The Hall–Kier alpha value is -1.78. The van der Waals surface area contributed by atoms with Gasteiger partial charge >= 0.3 is 6.09 Å². The van der Waals surface area contributed by atoms with Crippen LogP contribution in [-0.2, 0) is 4.74 Å². The van der Waals surface area contributed by atoms with Gasteiger partial charge in [-0.2, -0.15) is 0 Å². The molecule has 2 bridgehead atoms. The number of carbonyl (C=O) groups is 1. The van der Waals surface area contributed by atoms with Gasteiger partial charge in [-0.1, -0.05) is 6.07 Å². The molecule has 1 aromatic rings. The second-order valence-corrected chi connectivity index (χ2v) is 6.82. The third kappa shape index (κ3) is 2.82. The summed E-state index contributed by atoms with van der Waals surface area (Å²) in [7, 11) is 0. The van der Waals surface area contributed by atoms with E-state index < -0.39 is 5.60 Å². The van der Waals surface area contributed by atoms with E-state index in [0.29, 0.717) is 0 Å². The van der Waals surface area contributed by atoms with Gasteiger partial charge in [0.2, 0.25) is 0 Å². The first-order valence-electron chi connectivity index (χ1n) is 7.35. The molecule has 114 valence electrons. The van der Waals surface area contributed by atoms with Crippen LogP contribution in [0.5, 0.6) is 0 Å². The average molecular weight is 292 g/mol. The molecular weight excluding hydrogens is 271 g/mol. The zero-order valence-corrected chi connectivity index (χ0v) is 12.7. The number of fused-ring (bicyclic) bond motifs is 2. The predicted octanol–water partition coefficient (Wildman–Crippen LogP) is 3.02. The van der Waals surface area contributed by atoms with E-state index in [2.05, 4.69) is 4.90 Å². The van der Waals surface area contributed by atoms with Crippen molar-refractivity contribution in [1.29, 1.82) is 0 Å². The minimum Gasteiger partial charge on any atom is -0.444 e. The summed E-state index contributed by atoms with van der Waals surface area (Å²) in [6, 6.07) is 6.95. The van der Waals surface area contributed by atoms with Crippen molar-refractivity contribution in [1.82, 2.24) is 4.90 Å². The minimum atomic E-state index is -0.469. The molecule has 3 saturated heterocycles. The van der Waals surface area contributed by atoms with Crippen LogP contribution in [0.3, 0.4) is 0 Å². The first-order valence-corrected chi connectivity index (χ1v) is 7.35. The summed E-state index contributed by atoms with van der Waals surface area (Å²) in [5, 5.41) is 0. The lowest BCUT2D eigenvalue weighted by Crippen LogP contribution is -2.70. The third-order valence-corrected chi connectivity index (χ3v) is 3.97. The number of piperazine rings is 1. The van der Waals surface area contributed by atoms with E-state index >= 15 is 0 Å². The van der Waals surface area contributed by atoms with Gasteiger partial charge < -0.3 is 9.64 Å². The van der Waals surface area contributed by atoms with Gasteiger partial charge in [0, 0.05) is 18.8 Å². The summed E-state index contributed by atoms with van der Waals surface area (Å²) < 4.78 is 18.8. The zero-order valence-electron chi connectivity index (χ0n) is 12.7. The Morgan fingerprint density at radius 3 is 2.52 bits per heavy atom. The van der Waals surface area contributed by atoms with E-state index in [1.54, 1.807) is 12.1 Å². The Morgan fingerprint density at radius 1 is 1.29 bits per heavy atom. The van der Waals surface area contributed by atoms with Crippen molar-refractivity contribution in [3.05, 3.63) is 30.1 Å². The highest BCUT2D eigenvalue weighted by molar-refractivity contribution is 5.71. The molecule has 0 saturated carbocycles. The van der Waals surface area contributed by atoms with Crippen LogP contribution in [0, 0.1) is 5.82 Å². The Bertz CT molecular complexity index is 543. The number of rotatable bonds is 1. The lowest BCUT2D eigenvalue weighted by Gasteiger charge is -2.56. The van der Waals surface area contributed by atoms with Gasteiger partial charge in [0.1, 0.15) is 11.4 Å². The molecule has 3 heterocycles. The highest BCUT2D eigenvalue weighted by Crippen LogP contribution is 2.35. The Kier molecular flexibility index (Phi) is 3.30. The van der Waals surface area contributed by atoms with Gasteiger partial charge in [-0.3, -0.25) is 4.90 Å². The lowest BCUT2D eigenvalue weighted by atomic mass is 9.87. The first-order chi connectivity index (χ1) is 9.83. The molecule has 0 aliphatic carbocycles. The molecule has 0 N–H and O–H groups in total. The molecule has 1 aromatic carbocycles. The topological polar surface area (TPSA) is 32.8 Å². The monoisotopic (exact) mass is 292 g/mol. The quantitative estimate of drug-likeness (QED) is 0.797. The smallest absolute Gasteiger partial charge is 0.410 e. The van der Waals surface area contributed by atoms with Crippen LogP contribution in [0.15, 0.2) is 24.3 Å². The maximum atomic E-state index is 13.3. The van der Waals surface area contributed by atoms with Crippen LogP contribution in [0.25, 0.3) is 0 Å². The predicted molar refractivity (Wildman–Crippen MR) is 78.9 cm³/mol. The standard InChI is InChI=1S/C16H21FN2O2/c1-16(2,3)21-15(20)19-13-8-14(19)10-18(9-13)12-6-4-5-11(17)7-12/h4-7,13-14H,8-10H2,1-3H3. The third-order valence-electron chi connectivity index (χ3n) is 3.97. The van der Waals surface area contributed by atoms with E-state index in [-0.39, 0.29) is 24.0 Å². The van der Waals surface area contributed by atoms with E-state index in [4.69, 9.17) is 4.74 Å². The molecule has 3 aliphatic rings. The summed E-state index contributed by atoms with van der Waals surface area (Å²) in [5.74, 6) is -0.226. The molecule has 4 rings (SSSR count). The van der Waals surface area contributed by atoms with Gasteiger partial charge in [-0.15, -0.1) is 0 Å². The van der Waals surface area contributed by atoms with E-state index in [9.17, 15) is 9.18 Å². The van der Waals surface area contributed by atoms with Crippen LogP contribution >= 0.6 is 0 Å². The number of nitrogens with zero attached hydrogens (tertiary/aromatic N) is 2. The number of amides is 1. The van der Waals surface area contributed by atoms with E-state index in [1.807, 2.05) is 31.7 Å². The molecule has 21 heavy (non-hydrogen) atoms. The van der Waals surface area contributed by atoms with Gasteiger partial charge in [0.25, 0.3) is 0 Å². The minimum absolute atomic E-state index is 0.168. The molecule has 0 spiro atoms. The number of hydrogen-bond acceptors (Lipinski definition) is 3. The summed E-state index contributed by atoms with van der Waals surface area (Å²) >= 11 is 0. The Morgan fingerprint density at radius 2 is 1.95 bits per heavy atom. The van der Waals surface area contributed by atoms with Crippen molar-refractivity contribution in [2.24, 2.45) is 0 Å². The molecule has 2 atom stereocenters. The number of benzene rings is 1. The molecule has 1 amide bonds. The molecule has 4 nitrogen and oxygen atoms in total. The highest BCUT2D eigenvalue weighted by atomic mass is 19.1. The number of anilines is 1. The summed E-state index contributed by atoms with van der Waals surface area (Å²) in [5.41, 5.74) is 0.414. The SMILES string of the molecule is CC(C)(C)OC(=O)N1C2CC1CN(c1cccc(F)c1)C2. The summed E-state index contributed by atoms with van der Waals surface area (Å²) in [6.07, 6.45) is 0.771. The van der Waals surface area contributed by atoms with Crippen LogP contribution in [0.4, 0.5) is 14.9 Å². The number of hydrogen-bond donors (Lipinski definition) is 0. The molecule has 2 unspecified atom stereocenters. The molecule has 0 radical (unpaired) electrons. The first kappa shape index (κ1) is 14.2. The second-order valence-electron chi connectivity index (χ2n) is 6.82. The van der Waals surface area contributed by atoms with Gasteiger partial charge in [-0.25, -0.2) is 9.18 Å². The maximum absolute atomic E-state index is 13.3. The van der Waals surface area contributed by atoms with Gasteiger partial charge in [-0.05, 0) is 45.4 Å². The van der Waals surface area contributed by atoms with Crippen molar-refractivity contribution >= 4 is 11.8 Å². The second kappa shape index (κ2) is 4.90. The summed E-state index contributed by atoms with van der Waals surface area (Å²) in [6.45, 7) is 7.09. The molecule has 5 heteroatoms. The summed E-state index contributed by atoms with van der Waals surface area (Å²) in [4.78, 5) is 16.2. The van der Waals surface area contributed by atoms with E-state index in [0.717, 1.165) is 25.2 Å². The fourth-order valence-corrected chi connectivity index (χ4v) is 3.11. The van der Waals surface area contributed by atoms with Crippen molar-refractivity contribution in [3.8, 4) is 0 Å². The maximum Gasteiger partial charge on any atom is 0.410 e. The molecule has 3 fully saturated rings. The lowest BCUT2D eigenvalue weighted by molar-refractivity contribution is -0.0379. The molecule has 3 aliphatic heterocycles. The van der Waals surface area contributed by atoms with Crippen molar-refractivity contribution in [3.63, 3.8) is 0 Å². The number of carbonyl (C=O) groups excluding carboxylic acids is 1. The Balaban J connectivity index is 1.66. The van der Waals surface area contributed by atoms with Gasteiger partial charge in [0.15, 0.2) is 0 Å². The molecular formula is C16H21FN2O2. The fourth-order valence-electron chi connectivity index (χ4n) is 3.11. The largest absolute Gasteiger partial charge is 0.444 e. The van der Waals surface area contributed by atoms with Crippen LogP contribution < -0.4 is 4.90 Å². The molecule has 0 aromatic heterocycles. The van der Waals surface area contributed by atoms with Gasteiger partial charge in [0.05, 0.1) is 12.1 Å². The number of piperidine rings is 1. The van der Waals surface area contributed by atoms with Crippen LogP contribution in [0.1, 0.15) is 27.2 Å². The van der Waals surface area contributed by atoms with E-state index in [1.165, 1.54) is 6.07 Å². The van der Waals surface area contributed by atoms with Crippen LogP contribution in [0.2, 0.25) is 0 Å².